The lowest BCUT2D eigenvalue weighted by atomic mass is 10.2. The van der Waals surface area contributed by atoms with E-state index in [9.17, 15) is 4.79 Å². The SMILES string of the molecule is O=C(CCc1nc(-c2ccccc2)no1)NCc1cn2ccccc2n1. The van der Waals surface area contributed by atoms with Gasteiger partial charge in [0.25, 0.3) is 0 Å². The number of fused-ring (bicyclic) bond motifs is 1. The highest BCUT2D eigenvalue weighted by atomic mass is 16.5. The number of benzene rings is 1. The highest BCUT2D eigenvalue weighted by Crippen LogP contribution is 2.15. The fourth-order valence-corrected chi connectivity index (χ4v) is 2.63. The van der Waals surface area contributed by atoms with Crippen LogP contribution in [0.4, 0.5) is 0 Å². The number of nitrogens with one attached hydrogen (secondary N) is 1. The molecule has 1 aromatic carbocycles. The van der Waals surface area contributed by atoms with Gasteiger partial charge in [-0.2, -0.15) is 4.98 Å². The third kappa shape index (κ3) is 3.61. The standard InChI is InChI=1S/C19H17N5O2/c25-17(20-12-15-13-24-11-5-4-8-16(24)21-15)9-10-18-22-19(23-26-18)14-6-2-1-3-7-14/h1-8,11,13H,9-10,12H2,(H,20,25). The average Bonchev–Trinajstić information content (AvgIpc) is 3.32. The monoisotopic (exact) mass is 347 g/mol. The number of carbonyl (C=O) groups excluding carboxylic acids is 1. The maximum absolute atomic E-state index is 12.0. The van der Waals surface area contributed by atoms with Crippen molar-refractivity contribution in [2.24, 2.45) is 0 Å². The Bertz CT molecular complexity index is 990. The number of hydrogen-bond donors (Lipinski definition) is 1. The van der Waals surface area contributed by atoms with E-state index < -0.39 is 0 Å². The molecule has 0 fully saturated rings. The van der Waals surface area contributed by atoms with Crippen molar-refractivity contribution in [3.63, 3.8) is 0 Å². The summed E-state index contributed by atoms with van der Waals surface area (Å²) in [6.45, 7) is 0.389. The molecule has 0 aliphatic heterocycles. The Morgan fingerprint density at radius 2 is 1.92 bits per heavy atom. The molecule has 3 aromatic heterocycles. The van der Waals surface area contributed by atoms with E-state index >= 15 is 0 Å². The van der Waals surface area contributed by atoms with Crippen molar-refractivity contribution in [3.05, 3.63) is 72.5 Å². The number of pyridine rings is 1. The summed E-state index contributed by atoms with van der Waals surface area (Å²) in [5, 5.41) is 6.82. The minimum Gasteiger partial charge on any atom is -0.350 e. The normalized spacial score (nSPS) is 10.9. The molecule has 0 saturated carbocycles. The molecule has 130 valence electrons. The Labute approximate surface area is 149 Å². The van der Waals surface area contributed by atoms with Crippen molar-refractivity contribution < 1.29 is 9.32 Å². The third-order valence-corrected chi connectivity index (χ3v) is 3.95. The second-order valence-corrected chi connectivity index (χ2v) is 5.85. The van der Waals surface area contributed by atoms with Crippen LogP contribution in [0.5, 0.6) is 0 Å². The molecule has 4 aromatic rings. The first kappa shape index (κ1) is 16.0. The average molecular weight is 347 g/mol. The maximum Gasteiger partial charge on any atom is 0.227 e. The number of imidazole rings is 1. The van der Waals surface area contributed by atoms with Crippen molar-refractivity contribution in [3.8, 4) is 11.4 Å². The zero-order valence-corrected chi connectivity index (χ0v) is 14.0. The van der Waals surface area contributed by atoms with E-state index in [-0.39, 0.29) is 12.3 Å². The van der Waals surface area contributed by atoms with E-state index in [1.165, 1.54) is 0 Å². The summed E-state index contributed by atoms with van der Waals surface area (Å²) in [5.74, 6) is 0.902. The van der Waals surface area contributed by atoms with Crippen LogP contribution in [0.25, 0.3) is 17.0 Å². The van der Waals surface area contributed by atoms with Gasteiger partial charge in [0.15, 0.2) is 0 Å². The van der Waals surface area contributed by atoms with Gasteiger partial charge in [-0.15, -0.1) is 0 Å². The number of aromatic nitrogens is 4. The molecular formula is C19H17N5O2. The lowest BCUT2D eigenvalue weighted by Crippen LogP contribution is -2.23. The zero-order valence-electron chi connectivity index (χ0n) is 14.0. The Morgan fingerprint density at radius 3 is 2.77 bits per heavy atom. The summed E-state index contributed by atoms with van der Waals surface area (Å²) in [4.78, 5) is 20.8. The lowest BCUT2D eigenvalue weighted by Gasteiger charge is -2.01. The van der Waals surface area contributed by atoms with Crippen LogP contribution in [0, 0.1) is 0 Å². The summed E-state index contributed by atoms with van der Waals surface area (Å²) in [7, 11) is 0. The minimum absolute atomic E-state index is 0.0819. The van der Waals surface area contributed by atoms with Crippen LogP contribution in [0.15, 0.2) is 65.4 Å². The highest BCUT2D eigenvalue weighted by molar-refractivity contribution is 5.76. The molecule has 0 atom stereocenters. The Kier molecular flexibility index (Phi) is 4.42. The van der Waals surface area contributed by atoms with Gasteiger partial charge in [-0.25, -0.2) is 4.98 Å². The molecule has 1 amide bonds. The molecule has 0 saturated heterocycles. The van der Waals surface area contributed by atoms with Crippen LogP contribution < -0.4 is 5.32 Å². The number of carbonyl (C=O) groups is 1. The molecule has 1 N–H and O–H groups in total. The number of hydrogen-bond acceptors (Lipinski definition) is 5. The van der Waals surface area contributed by atoms with E-state index in [1.54, 1.807) is 0 Å². The quantitative estimate of drug-likeness (QED) is 0.579. The fraction of sp³-hybridized carbons (Fsp3) is 0.158. The number of amides is 1. The first-order chi connectivity index (χ1) is 12.8. The summed E-state index contributed by atoms with van der Waals surface area (Å²) >= 11 is 0. The van der Waals surface area contributed by atoms with Crippen molar-refractivity contribution in [1.29, 1.82) is 0 Å². The van der Waals surface area contributed by atoms with Crippen molar-refractivity contribution in [1.82, 2.24) is 24.8 Å². The number of rotatable bonds is 6. The highest BCUT2D eigenvalue weighted by Gasteiger charge is 2.11. The molecule has 3 heterocycles. The lowest BCUT2D eigenvalue weighted by molar-refractivity contribution is -0.121. The molecule has 26 heavy (non-hydrogen) atoms. The molecule has 0 bridgehead atoms. The van der Waals surface area contributed by atoms with Crippen molar-refractivity contribution in [2.45, 2.75) is 19.4 Å². The fourth-order valence-electron chi connectivity index (χ4n) is 2.63. The number of aryl methyl sites for hydroxylation is 1. The smallest absolute Gasteiger partial charge is 0.227 e. The van der Waals surface area contributed by atoms with Crippen LogP contribution >= 0.6 is 0 Å². The van der Waals surface area contributed by atoms with Crippen molar-refractivity contribution >= 4 is 11.6 Å². The van der Waals surface area contributed by atoms with Crippen LogP contribution in [0.3, 0.4) is 0 Å². The van der Waals surface area contributed by atoms with Gasteiger partial charge in [-0.3, -0.25) is 4.79 Å². The molecule has 0 aliphatic rings. The minimum atomic E-state index is -0.0819. The molecule has 7 nitrogen and oxygen atoms in total. The van der Waals surface area contributed by atoms with Gasteiger partial charge in [0.1, 0.15) is 5.65 Å². The molecule has 0 aliphatic carbocycles. The Hall–Kier alpha value is -3.48. The third-order valence-electron chi connectivity index (χ3n) is 3.95. The number of nitrogens with zero attached hydrogens (tertiary/aromatic N) is 4. The van der Waals surface area contributed by atoms with Crippen LogP contribution in [-0.2, 0) is 17.8 Å². The van der Waals surface area contributed by atoms with Gasteiger partial charge < -0.3 is 14.2 Å². The Morgan fingerprint density at radius 1 is 1.08 bits per heavy atom. The summed E-state index contributed by atoms with van der Waals surface area (Å²) in [5.41, 5.74) is 2.56. The van der Waals surface area contributed by atoms with E-state index in [0.29, 0.717) is 24.7 Å². The van der Waals surface area contributed by atoms with Gasteiger partial charge in [0, 0.05) is 30.8 Å². The van der Waals surface area contributed by atoms with Gasteiger partial charge >= 0.3 is 0 Å². The molecular weight excluding hydrogens is 330 g/mol. The van der Waals surface area contributed by atoms with Crippen LogP contribution in [0.1, 0.15) is 18.0 Å². The zero-order chi connectivity index (χ0) is 17.8. The van der Waals surface area contributed by atoms with Gasteiger partial charge in [-0.1, -0.05) is 41.6 Å². The van der Waals surface area contributed by atoms with E-state index in [1.807, 2.05) is 65.3 Å². The van der Waals surface area contributed by atoms with Gasteiger partial charge in [0.05, 0.1) is 12.2 Å². The summed E-state index contributed by atoms with van der Waals surface area (Å²) < 4.78 is 7.14. The molecule has 4 rings (SSSR count). The largest absolute Gasteiger partial charge is 0.350 e. The van der Waals surface area contributed by atoms with Gasteiger partial charge in [-0.05, 0) is 12.1 Å². The first-order valence-corrected chi connectivity index (χ1v) is 8.35. The van der Waals surface area contributed by atoms with E-state index in [0.717, 1.165) is 16.9 Å². The Balaban J connectivity index is 1.29. The van der Waals surface area contributed by atoms with Crippen LogP contribution in [0.2, 0.25) is 0 Å². The second kappa shape index (κ2) is 7.18. The second-order valence-electron chi connectivity index (χ2n) is 5.85. The topological polar surface area (TPSA) is 85.3 Å². The molecule has 0 unspecified atom stereocenters. The summed E-state index contributed by atoms with van der Waals surface area (Å²) in [6.07, 6.45) is 4.51. The van der Waals surface area contributed by atoms with Crippen LogP contribution in [-0.4, -0.2) is 25.4 Å². The van der Waals surface area contributed by atoms with Gasteiger partial charge in [0.2, 0.25) is 17.6 Å². The molecule has 7 heteroatoms. The van der Waals surface area contributed by atoms with E-state index in [2.05, 4.69) is 20.4 Å². The summed E-state index contributed by atoms with van der Waals surface area (Å²) in [6, 6.07) is 15.4. The molecule has 0 spiro atoms. The van der Waals surface area contributed by atoms with Crippen molar-refractivity contribution in [2.75, 3.05) is 0 Å². The maximum atomic E-state index is 12.0. The predicted octanol–water partition coefficient (Wildman–Crippen LogP) is 2.63. The molecule has 0 radical (unpaired) electrons. The first-order valence-electron chi connectivity index (χ1n) is 8.35. The van der Waals surface area contributed by atoms with E-state index in [4.69, 9.17) is 4.52 Å². The predicted molar refractivity (Wildman–Crippen MR) is 95.1 cm³/mol.